The number of anilines is 3. The van der Waals surface area contributed by atoms with Gasteiger partial charge >= 0.3 is 0 Å². The Balaban J connectivity index is 1.51. The molecular weight excluding hydrogens is 486 g/mol. The standard InChI is InChI=1S/C38H25NO/c1-3-13-26(14-4-1)29-23-24-35(32-20-10-9-19-31(29)32)39(28-16-5-2-6-17-28)37-30-18-8-7-15-27(30)25-34-33-21-11-12-22-36(33)40-38(34)37/h1-25H. The molecule has 8 rings (SSSR count). The van der Waals surface area contributed by atoms with E-state index in [1.807, 2.05) is 6.07 Å². The second-order valence-electron chi connectivity index (χ2n) is 10.1. The van der Waals surface area contributed by atoms with Crippen LogP contribution < -0.4 is 4.90 Å². The molecule has 0 saturated carbocycles. The van der Waals surface area contributed by atoms with Crippen molar-refractivity contribution in [1.82, 2.24) is 0 Å². The van der Waals surface area contributed by atoms with Crippen LogP contribution in [0.4, 0.5) is 17.1 Å². The molecule has 0 aliphatic rings. The van der Waals surface area contributed by atoms with Gasteiger partial charge in [-0.25, -0.2) is 0 Å². The molecule has 7 aromatic carbocycles. The molecule has 1 heterocycles. The summed E-state index contributed by atoms with van der Waals surface area (Å²) in [5.41, 5.74) is 7.46. The smallest absolute Gasteiger partial charge is 0.160 e. The molecule has 0 aliphatic carbocycles. The molecule has 40 heavy (non-hydrogen) atoms. The highest BCUT2D eigenvalue weighted by Gasteiger charge is 2.24. The Labute approximate surface area is 232 Å². The Morgan fingerprint density at radius 1 is 0.450 bits per heavy atom. The molecule has 0 bridgehead atoms. The van der Waals surface area contributed by atoms with Crippen molar-refractivity contribution >= 4 is 60.5 Å². The first-order valence-electron chi connectivity index (χ1n) is 13.6. The fourth-order valence-corrected chi connectivity index (χ4v) is 6.04. The highest BCUT2D eigenvalue weighted by Crippen LogP contribution is 2.48. The average Bonchev–Trinajstić information content (AvgIpc) is 3.40. The maximum absolute atomic E-state index is 6.68. The van der Waals surface area contributed by atoms with Crippen molar-refractivity contribution in [3.05, 3.63) is 152 Å². The largest absolute Gasteiger partial charge is 0.454 e. The second kappa shape index (κ2) is 9.14. The van der Waals surface area contributed by atoms with Gasteiger partial charge in [-0.15, -0.1) is 0 Å². The van der Waals surface area contributed by atoms with Crippen LogP contribution in [0.25, 0.3) is 54.6 Å². The molecule has 0 radical (unpaired) electrons. The van der Waals surface area contributed by atoms with Crippen LogP contribution in [-0.2, 0) is 0 Å². The number of furan rings is 1. The Morgan fingerprint density at radius 2 is 1.07 bits per heavy atom. The number of benzene rings is 7. The SMILES string of the molecule is c1ccc(-c2ccc(N(c3ccccc3)c3c4ccccc4cc4c3oc3ccccc34)c3ccccc23)cc1. The first kappa shape index (κ1) is 22.6. The van der Waals surface area contributed by atoms with Crippen LogP contribution in [0.15, 0.2) is 156 Å². The number of rotatable bonds is 4. The van der Waals surface area contributed by atoms with Crippen molar-refractivity contribution in [3.8, 4) is 11.1 Å². The minimum Gasteiger partial charge on any atom is -0.454 e. The van der Waals surface area contributed by atoms with E-state index in [1.165, 1.54) is 27.3 Å². The first-order chi connectivity index (χ1) is 19.9. The van der Waals surface area contributed by atoms with E-state index in [0.29, 0.717) is 0 Å². The van der Waals surface area contributed by atoms with Crippen LogP contribution in [0, 0.1) is 0 Å². The Bertz CT molecular complexity index is 2160. The van der Waals surface area contributed by atoms with Gasteiger partial charge in [-0.05, 0) is 52.2 Å². The van der Waals surface area contributed by atoms with Crippen LogP contribution >= 0.6 is 0 Å². The van der Waals surface area contributed by atoms with Crippen molar-refractivity contribution < 1.29 is 4.42 Å². The third-order valence-corrected chi connectivity index (χ3v) is 7.83. The van der Waals surface area contributed by atoms with E-state index >= 15 is 0 Å². The third kappa shape index (κ3) is 3.50. The van der Waals surface area contributed by atoms with Crippen LogP contribution in [0.5, 0.6) is 0 Å². The topological polar surface area (TPSA) is 16.4 Å². The minimum atomic E-state index is 0.889. The number of para-hydroxylation sites is 2. The van der Waals surface area contributed by atoms with Gasteiger partial charge in [0.05, 0.1) is 11.4 Å². The van der Waals surface area contributed by atoms with Gasteiger partial charge in [-0.3, -0.25) is 0 Å². The van der Waals surface area contributed by atoms with Crippen molar-refractivity contribution in [1.29, 1.82) is 0 Å². The summed E-state index contributed by atoms with van der Waals surface area (Å²) in [5.74, 6) is 0. The molecule has 8 aromatic rings. The van der Waals surface area contributed by atoms with E-state index in [9.17, 15) is 0 Å². The fraction of sp³-hybridized carbons (Fsp3) is 0. The molecule has 2 heteroatoms. The minimum absolute atomic E-state index is 0.889. The zero-order valence-corrected chi connectivity index (χ0v) is 21.8. The monoisotopic (exact) mass is 511 g/mol. The number of hydrogen-bond donors (Lipinski definition) is 0. The second-order valence-corrected chi connectivity index (χ2v) is 10.1. The summed E-state index contributed by atoms with van der Waals surface area (Å²) in [6, 6.07) is 53.7. The van der Waals surface area contributed by atoms with Crippen LogP contribution in [-0.4, -0.2) is 0 Å². The fourth-order valence-electron chi connectivity index (χ4n) is 6.04. The summed E-state index contributed by atoms with van der Waals surface area (Å²) < 4.78 is 6.68. The van der Waals surface area contributed by atoms with Crippen molar-refractivity contribution in [2.45, 2.75) is 0 Å². The predicted octanol–water partition coefficient (Wildman–Crippen LogP) is 11.0. The molecule has 2 nitrogen and oxygen atoms in total. The van der Waals surface area contributed by atoms with E-state index in [-0.39, 0.29) is 0 Å². The Morgan fingerprint density at radius 3 is 1.88 bits per heavy atom. The molecule has 1 aromatic heterocycles. The van der Waals surface area contributed by atoms with E-state index in [1.54, 1.807) is 0 Å². The normalized spacial score (nSPS) is 11.5. The van der Waals surface area contributed by atoms with Gasteiger partial charge in [0, 0.05) is 27.2 Å². The van der Waals surface area contributed by atoms with Gasteiger partial charge in [-0.1, -0.05) is 121 Å². The molecular formula is C38H25NO. The lowest BCUT2D eigenvalue weighted by atomic mass is 9.95. The summed E-state index contributed by atoms with van der Waals surface area (Å²) in [6.45, 7) is 0. The molecule has 0 atom stereocenters. The number of fused-ring (bicyclic) bond motifs is 5. The number of nitrogens with zero attached hydrogens (tertiary/aromatic N) is 1. The van der Waals surface area contributed by atoms with Gasteiger partial charge in [0.1, 0.15) is 5.58 Å². The van der Waals surface area contributed by atoms with Gasteiger partial charge in [0.25, 0.3) is 0 Å². The lowest BCUT2D eigenvalue weighted by Gasteiger charge is -2.28. The summed E-state index contributed by atoms with van der Waals surface area (Å²) in [4.78, 5) is 2.38. The zero-order chi connectivity index (χ0) is 26.5. The van der Waals surface area contributed by atoms with Gasteiger partial charge in [0.2, 0.25) is 0 Å². The van der Waals surface area contributed by atoms with Crippen molar-refractivity contribution in [2.24, 2.45) is 0 Å². The lowest BCUT2D eigenvalue weighted by Crippen LogP contribution is -2.11. The molecule has 0 aliphatic heterocycles. The number of hydrogen-bond acceptors (Lipinski definition) is 2. The highest BCUT2D eigenvalue weighted by atomic mass is 16.3. The Hall–Kier alpha value is -5.34. The Kier molecular flexibility index (Phi) is 5.17. The van der Waals surface area contributed by atoms with E-state index in [0.717, 1.165) is 44.4 Å². The summed E-state index contributed by atoms with van der Waals surface area (Å²) in [7, 11) is 0. The average molecular weight is 512 g/mol. The molecule has 188 valence electrons. The van der Waals surface area contributed by atoms with Gasteiger partial charge in [0.15, 0.2) is 5.58 Å². The van der Waals surface area contributed by atoms with E-state index in [4.69, 9.17) is 4.42 Å². The summed E-state index contributed by atoms with van der Waals surface area (Å²) in [6.07, 6.45) is 0. The van der Waals surface area contributed by atoms with Crippen LogP contribution in [0.2, 0.25) is 0 Å². The maximum atomic E-state index is 6.68. The maximum Gasteiger partial charge on any atom is 0.160 e. The molecule has 0 unspecified atom stereocenters. The lowest BCUT2D eigenvalue weighted by molar-refractivity contribution is 0.669. The van der Waals surface area contributed by atoms with Gasteiger partial charge < -0.3 is 9.32 Å². The van der Waals surface area contributed by atoms with Crippen LogP contribution in [0.1, 0.15) is 0 Å². The van der Waals surface area contributed by atoms with Gasteiger partial charge in [-0.2, -0.15) is 0 Å². The molecule has 0 N–H and O–H groups in total. The van der Waals surface area contributed by atoms with E-state index < -0.39 is 0 Å². The quantitative estimate of drug-likeness (QED) is 0.234. The third-order valence-electron chi connectivity index (χ3n) is 7.83. The van der Waals surface area contributed by atoms with Crippen LogP contribution in [0.3, 0.4) is 0 Å². The summed E-state index contributed by atoms with van der Waals surface area (Å²) in [5, 5.41) is 6.98. The molecule has 0 saturated heterocycles. The van der Waals surface area contributed by atoms with Crippen molar-refractivity contribution in [2.75, 3.05) is 4.90 Å². The zero-order valence-electron chi connectivity index (χ0n) is 21.8. The molecule has 0 spiro atoms. The molecule has 0 amide bonds. The first-order valence-corrected chi connectivity index (χ1v) is 13.6. The van der Waals surface area contributed by atoms with Crippen molar-refractivity contribution in [3.63, 3.8) is 0 Å². The van der Waals surface area contributed by atoms with E-state index in [2.05, 4.69) is 150 Å². The highest BCUT2D eigenvalue weighted by molar-refractivity contribution is 6.20. The molecule has 0 fully saturated rings. The summed E-state index contributed by atoms with van der Waals surface area (Å²) >= 11 is 0. The predicted molar refractivity (Wildman–Crippen MR) is 169 cm³/mol.